The maximum Gasteiger partial charge on any atom is 0.148 e. The largest absolute Gasteiger partial charge is 0.327 e. The average Bonchev–Trinajstić information content (AvgIpc) is 2.01. The Morgan fingerprint density at radius 3 is 2.36 bits per heavy atom. The van der Waals surface area contributed by atoms with Crippen molar-refractivity contribution in [1.82, 2.24) is 0 Å². The highest BCUT2D eigenvalue weighted by Gasteiger charge is 2.29. The van der Waals surface area contributed by atoms with Crippen LogP contribution in [0.1, 0.15) is 23.6 Å². The SMILES string of the molecule is Cc1cc(C)c(C(C)(F)CN)c(F)c1. The van der Waals surface area contributed by atoms with E-state index in [-0.39, 0.29) is 12.1 Å². The van der Waals surface area contributed by atoms with Crippen molar-refractivity contribution in [2.24, 2.45) is 5.73 Å². The monoisotopic (exact) mass is 199 g/mol. The van der Waals surface area contributed by atoms with E-state index < -0.39 is 11.5 Å². The van der Waals surface area contributed by atoms with E-state index in [1.165, 1.54) is 13.0 Å². The number of nitrogens with two attached hydrogens (primary N) is 1. The molecule has 78 valence electrons. The second-order valence-corrected chi connectivity index (χ2v) is 3.84. The van der Waals surface area contributed by atoms with Crippen molar-refractivity contribution >= 4 is 0 Å². The Morgan fingerprint density at radius 1 is 1.36 bits per heavy atom. The predicted molar refractivity (Wildman–Crippen MR) is 53.4 cm³/mol. The second-order valence-electron chi connectivity index (χ2n) is 3.84. The molecule has 0 spiro atoms. The Balaban J connectivity index is 3.35. The van der Waals surface area contributed by atoms with Crippen molar-refractivity contribution < 1.29 is 8.78 Å². The molecular formula is C11H15F2N. The van der Waals surface area contributed by atoms with Crippen LogP contribution in [0.3, 0.4) is 0 Å². The summed E-state index contributed by atoms with van der Waals surface area (Å²) in [5.41, 5.74) is 4.96. The summed E-state index contributed by atoms with van der Waals surface area (Å²) in [7, 11) is 0. The van der Waals surface area contributed by atoms with Gasteiger partial charge in [0.2, 0.25) is 0 Å². The van der Waals surface area contributed by atoms with Crippen molar-refractivity contribution in [3.63, 3.8) is 0 Å². The van der Waals surface area contributed by atoms with E-state index in [2.05, 4.69) is 0 Å². The summed E-state index contributed by atoms with van der Waals surface area (Å²) in [5.74, 6) is -0.516. The van der Waals surface area contributed by atoms with Gasteiger partial charge in [0.25, 0.3) is 0 Å². The molecule has 1 aromatic rings. The number of halogens is 2. The molecular weight excluding hydrogens is 184 g/mol. The molecule has 1 unspecified atom stereocenters. The van der Waals surface area contributed by atoms with Gasteiger partial charge in [0, 0.05) is 12.1 Å². The molecule has 0 aliphatic rings. The van der Waals surface area contributed by atoms with Crippen LogP contribution >= 0.6 is 0 Å². The number of alkyl halides is 1. The van der Waals surface area contributed by atoms with Gasteiger partial charge in [0.1, 0.15) is 11.5 Å². The number of benzene rings is 1. The summed E-state index contributed by atoms with van der Waals surface area (Å²) in [6.45, 7) is 4.55. The minimum absolute atomic E-state index is 0.0746. The molecule has 0 heterocycles. The summed E-state index contributed by atoms with van der Waals surface area (Å²) >= 11 is 0. The van der Waals surface area contributed by atoms with Crippen LogP contribution in [0.5, 0.6) is 0 Å². The zero-order valence-electron chi connectivity index (χ0n) is 8.70. The molecule has 0 aromatic heterocycles. The van der Waals surface area contributed by atoms with Gasteiger partial charge in [-0.05, 0) is 38.0 Å². The van der Waals surface area contributed by atoms with Gasteiger partial charge >= 0.3 is 0 Å². The average molecular weight is 199 g/mol. The smallest absolute Gasteiger partial charge is 0.148 e. The van der Waals surface area contributed by atoms with E-state index in [9.17, 15) is 8.78 Å². The molecule has 0 saturated heterocycles. The van der Waals surface area contributed by atoms with Crippen LogP contribution in [0.4, 0.5) is 8.78 Å². The van der Waals surface area contributed by atoms with Gasteiger partial charge in [-0.25, -0.2) is 8.78 Å². The molecule has 1 rings (SSSR count). The van der Waals surface area contributed by atoms with Gasteiger partial charge in [0.05, 0.1) is 0 Å². The normalized spacial score (nSPS) is 15.3. The van der Waals surface area contributed by atoms with E-state index in [1.807, 2.05) is 0 Å². The number of hydrogen-bond donors (Lipinski definition) is 1. The standard InChI is InChI=1S/C11H15F2N/c1-7-4-8(2)10(9(12)5-7)11(3,13)6-14/h4-5H,6,14H2,1-3H3. The van der Waals surface area contributed by atoms with Crippen LogP contribution in [0.2, 0.25) is 0 Å². The molecule has 0 aliphatic carbocycles. The number of rotatable bonds is 2. The van der Waals surface area contributed by atoms with Crippen LogP contribution in [0.25, 0.3) is 0 Å². The van der Waals surface area contributed by atoms with Gasteiger partial charge in [-0.2, -0.15) is 0 Å². The van der Waals surface area contributed by atoms with Gasteiger partial charge in [0.15, 0.2) is 0 Å². The highest BCUT2D eigenvalue weighted by atomic mass is 19.1. The van der Waals surface area contributed by atoms with Crippen molar-refractivity contribution in [3.8, 4) is 0 Å². The van der Waals surface area contributed by atoms with Gasteiger partial charge < -0.3 is 5.73 Å². The van der Waals surface area contributed by atoms with Crippen molar-refractivity contribution in [1.29, 1.82) is 0 Å². The van der Waals surface area contributed by atoms with Crippen molar-refractivity contribution in [2.75, 3.05) is 6.54 Å². The second kappa shape index (κ2) is 3.65. The van der Waals surface area contributed by atoms with Gasteiger partial charge in [-0.3, -0.25) is 0 Å². The highest BCUT2D eigenvalue weighted by molar-refractivity contribution is 5.36. The molecule has 14 heavy (non-hydrogen) atoms. The molecule has 0 aliphatic heterocycles. The number of aryl methyl sites for hydroxylation is 2. The van der Waals surface area contributed by atoms with Gasteiger partial charge in [-0.15, -0.1) is 0 Å². The molecule has 0 amide bonds. The first-order chi connectivity index (χ1) is 6.38. The summed E-state index contributed by atoms with van der Waals surface area (Å²) in [6, 6.07) is 3.09. The lowest BCUT2D eigenvalue weighted by Gasteiger charge is -2.21. The highest BCUT2D eigenvalue weighted by Crippen LogP contribution is 2.30. The quantitative estimate of drug-likeness (QED) is 0.778. The zero-order chi connectivity index (χ0) is 10.9. The summed E-state index contributed by atoms with van der Waals surface area (Å²) in [5, 5.41) is 0. The molecule has 3 heteroatoms. The summed E-state index contributed by atoms with van der Waals surface area (Å²) in [4.78, 5) is 0. The van der Waals surface area contributed by atoms with E-state index in [4.69, 9.17) is 5.73 Å². The first-order valence-corrected chi connectivity index (χ1v) is 4.54. The molecule has 1 atom stereocenters. The third kappa shape index (κ3) is 1.93. The summed E-state index contributed by atoms with van der Waals surface area (Å²) in [6.07, 6.45) is 0. The maximum absolute atomic E-state index is 13.8. The van der Waals surface area contributed by atoms with Gasteiger partial charge in [-0.1, -0.05) is 6.07 Å². The van der Waals surface area contributed by atoms with Crippen LogP contribution in [0.15, 0.2) is 12.1 Å². The van der Waals surface area contributed by atoms with E-state index in [0.29, 0.717) is 5.56 Å². The first kappa shape index (κ1) is 11.1. The minimum Gasteiger partial charge on any atom is -0.327 e. The predicted octanol–water partition coefficient (Wildman–Crippen LogP) is 2.59. The minimum atomic E-state index is -1.79. The maximum atomic E-state index is 13.8. The Kier molecular flexibility index (Phi) is 2.90. The van der Waals surface area contributed by atoms with Crippen molar-refractivity contribution in [3.05, 3.63) is 34.6 Å². The number of hydrogen-bond acceptors (Lipinski definition) is 1. The molecule has 2 N–H and O–H groups in total. The van der Waals surface area contributed by atoms with Crippen LogP contribution in [-0.2, 0) is 5.67 Å². The lowest BCUT2D eigenvalue weighted by Crippen LogP contribution is -2.28. The van der Waals surface area contributed by atoms with Crippen LogP contribution in [-0.4, -0.2) is 6.54 Å². The molecule has 1 nitrogen and oxygen atoms in total. The lowest BCUT2D eigenvalue weighted by atomic mass is 9.92. The topological polar surface area (TPSA) is 26.0 Å². The fraction of sp³-hybridized carbons (Fsp3) is 0.455. The Morgan fingerprint density at radius 2 is 1.93 bits per heavy atom. The fourth-order valence-corrected chi connectivity index (χ4v) is 1.68. The Labute approximate surface area is 82.9 Å². The van der Waals surface area contributed by atoms with Crippen molar-refractivity contribution in [2.45, 2.75) is 26.4 Å². The van der Waals surface area contributed by atoms with E-state index >= 15 is 0 Å². The Bertz CT molecular complexity index is 322. The molecule has 0 saturated carbocycles. The molecule has 0 fully saturated rings. The third-order valence-corrected chi connectivity index (χ3v) is 2.34. The van der Waals surface area contributed by atoms with Crippen LogP contribution in [0, 0.1) is 19.7 Å². The molecule has 0 bridgehead atoms. The lowest BCUT2D eigenvalue weighted by molar-refractivity contribution is 0.195. The third-order valence-electron chi connectivity index (χ3n) is 2.34. The van der Waals surface area contributed by atoms with E-state index in [1.54, 1.807) is 19.9 Å². The first-order valence-electron chi connectivity index (χ1n) is 4.54. The fourth-order valence-electron chi connectivity index (χ4n) is 1.68. The zero-order valence-corrected chi connectivity index (χ0v) is 8.70. The Hall–Kier alpha value is -0.960. The molecule has 0 radical (unpaired) electrons. The van der Waals surface area contributed by atoms with Crippen LogP contribution < -0.4 is 5.73 Å². The van der Waals surface area contributed by atoms with E-state index in [0.717, 1.165) is 5.56 Å². The molecule has 1 aromatic carbocycles. The summed E-state index contributed by atoms with van der Waals surface area (Å²) < 4.78 is 27.3.